The zero-order valence-electron chi connectivity index (χ0n) is 17.6. The van der Waals surface area contributed by atoms with Crippen molar-refractivity contribution in [3.63, 3.8) is 0 Å². The normalized spacial score (nSPS) is 16.2. The molecule has 0 bridgehead atoms. The molecule has 1 heterocycles. The van der Waals surface area contributed by atoms with Crippen LogP contribution in [0.1, 0.15) is 24.1 Å². The smallest absolute Gasteiger partial charge is 0.305 e. The molecule has 0 fully saturated rings. The molecular weight excluding hydrogens is 445 g/mol. The number of halogens is 3. The molecule has 0 radical (unpaired) electrons. The first-order valence-electron chi connectivity index (χ1n) is 9.36. The van der Waals surface area contributed by atoms with Crippen LogP contribution < -0.4 is 10.2 Å². The van der Waals surface area contributed by atoms with Crippen LogP contribution in [0.4, 0.5) is 24.5 Å². The van der Waals surface area contributed by atoms with Crippen molar-refractivity contribution in [3.8, 4) is 0 Å². The monoisotopic (exact) mass is 464 g/mol. The first-order valence-corrected chi connectivity index (χ1v) is 9.77. The van der Waals surface area contributed by atoms with Gasteiger partial charge in [-0.05, 0) is 43.8 Å². The first kappa shape index (κ1) is 23.2. The summed E-state index contributed by atoms with van der Waals surface area (Å²) in [5, 5.41) is 14.0. The van der Waals surface area contributed by atoms with Gasteiger partial charge >= 0.3 is 5.69 Å². The van der Waals surface area contributed by atoms with Gasteiger partial charge in [0.15, 0.2) is 5.11 Å². The van der Waals surface area contributed by atoms with E-state index in [9.17, 15) is 28.1 Å². The molecule has 1 atom stereocenters. The number of thiocarbonyl (C=S) groups is 1. The molecule has 2 aromatic carbocycles. The van der Waals surface area contributed by atoms with Crippen molar-refractivity contribution in [1.82, 2.24) is 10.2 Å². The van der Waals surface area contributed by atoms with Crippen LogP contribution in [0.2, 0.25) is 0 Å². The van der Waals surface area contributed by atoms with E-state index < -0.39 is 40.0 Å². The van der Waals surface area contributed by atoms with E-state index in [0.29, 0.717) is 17.3 Å². The van der Waals surface area contributed by atoms with Gasteiger partial charge in [0.05, 0.1) is 22.2 Å². The van der Waals surface area contributed by atoms with Crippen LogP contribution in [0.15, 0.2) is 41.6 Å². The number of aryl methyl sites for hydroxylation is 1. The summed E-state index contributed by atoms with van der Waals surface area (Å²) in [6.07, 6.45) is 0. The van der Waals surface area contributed by atoms with Gasteiger partial charge in [-0.25, -0.2) is 8.78 Å². The number of allylic oxidation sites excluding steroid dienone is 1. The summed E-state index contributed by atoms with van der Waals surface area (Å²) >= 11 is 5.40. The zero-order chi connectivity index (χ0) is 23.9. The molecule has 32 heavy (non-hydrogen) atoms. The number of hydrogen-bond donors (Lipinski definition) is 1. The maximum Gasteiger partial charge on any atom is 0.305 e. The van der Waals surface area contributed by atoms with Crippen LogP contribution in [0.5, 0.6) is 0 Å². The fourth-order valence-corrected chi connectivity index (χ4v) is 3.80. The SMILES string of the molecule is CC1=C(C(=O)N(C)C)C(c2cc([N+](=O)[O-])c(F)cc2F)NC(=S)N1c1ccc(C)c(F)c1. The number of carbonyl (C=O) groups is 1. The zero-order valence-corrected chi connectivity index (χ0v) is 18.4. The predicted molar refractivity (Wildman–Crippen MR) is 116 cm³/mol. The fourth-order valence-electron chi connectivity index (χ4n) is 3.44. The molecule has 7 nitrogen and oxygen atoms in total. The molecule has 1 aliphatic heterocycles. The number of nitrogens with zero attached hydrogens (tertiary/aromatic N) is 3. The van der Waals surface area contributed by atoms with Crippen molar-refractivity contribution in [2.24, 2.45) is 0 Å². The van der Waals surface area contributed by atoms with Crippen molar-refractivity contribution in [3.05, 3.63) is 80.3 Å². The highest BCUT2D eigenvalue weighted by atomic mass is 32.1. The van der Waals surface area contributed by atoms with Gasteiger partial charge in [-0.2, -0.15) is 4.39 Å². The topological polar surface area (TPSA) is 78.7 Å². The number of anilines is 1. The van der Waals surface area contributed by atoms with Gasteiger partial charge in [0, 0.05) is 37.5 Å². The number of nitro groups is 1. The minimum Gasteiger partial charge on any atom is -0.351 e. The summed E-state index contributed by atoms with van der Waals surface area (Å²) in [5.41, 5.74) is -0.228. The molecule has 0 saturated heterocycles. The lowest BCUT2D eigenvalue weighted by molar-refractivity contribution is -0.387. The highest BCUT2D eigenvalue weighted by Gasteiger charge is 2.38. The lowest BCUT2D eigenvalue weighted by Gasteiger charge is -2.38. The quantitative estimate of drug-likeness (QED) is 0.417. The van der Waals surface area contributed by atoms with Crippen molar-refractivity contribution in [1.29, 1.82) is 0 Å². The van der Waals surface area contributed by atoms with Crippen LogP contribution in [-0.4, -0.2) is 34.9 Å². The summed E-state index contributed by atoms with van der Waals surface area (Å²) in [7, 11) is 2.96. The van der Waals surface area contributed by atoms with E-state index in [4.69, 9.17) is 12.2 Å². The Kier molecular flexibility index (Phi) is 6.22. The molecule has 0 spiro atoms. The molecule has 1 amide bonds. The minimum absolute atomic E-state index is 0.0115. The second-order valence-electron chi connectivity index (χ2n) is 7.43. The van der Waals surface area contributed by atoms with E-state index >= 15 is 0 Å². The maximum atomic E-state index is 14.7. The third kappa shape index (κ3) is 4.03. The molecule has 3 rings (SSSR count). The Morgan fingerprint density at radius 3 is 2.34 bits per heavy atom. The van der Waals surface area contributed by atoms with E-state index in [1.807, 2.05) is 0 Å². The number of carbonyl (C=O) groups excluding carboxylic acids is 1. The fraction of sp³-hybridized carbons (Fsp3) is 0.238. The van der Waals surface area contributed by atoms with Crippen LogP contribution in [-0.2, 0) is 4.79 Å². The van der Waals surface area contributed by atoms with Crippen LogP contribution in [0, 0.1) is 34.5 Å². The molecule has 168 valence electrons. The van der Waals surface area contributed by atoms with Crippen molar-refractivity contribution in [2.45, 2.75) is 19.9 Å². The lowest BCUT2D eigenvalue weighted by Crippen LogP contribution is -2.49. The first-order chi connectivity index (χ1) is 14.9. The van der Waals surface area contributed by atoms with E-state index in [1.54, 1.807) is 26.0 Å². The van der Waals surface area contributed by atoms with Gasteiger partial charge in [0.1, 0.15) is 11.6 Å². The highest BCUT2D eigenvalue weighted by Crippen LogP contribution is 2.37. The molecule has 1 aliphatic rings. The summed E-state index contributed by atoms with van der Waals surface area (Å²) < 4.78 is 42.8. The third-order valence-corrected chi connectivity index (χ3v) is 5.41. The van der Waals surface area contributed by atoms with Crippen LogP contribution in [0.25, 0.3) is 0 Å². The minimum atomic E-state index is -1.34. The molecule has 0 aromatic heterocycles. The van der Waals surface area contributed by atoms with Crippen molar-refractivity contribution in [2.75, 3.05) is 19.0 Å². The summed E-state index contributed by atoms with van der Waals surface area (Å²) in [6, 6.07) is 4.30. The van der Waals surface area contributed by atoms with Crippen LogP contribution in [0.3, 0.4) is 0 Å². The molecule has 2 aromatic rings. The summed E-state index contributed by atoms with van der Waals surface area (Å²) in [6.45, 7) is 3.14. The Hall–Kier alpha value is -3.47. The second-order valence-corrected chi connectivity index (χ2v) is 7.82. The molecule has 1 N–H and O–H groups in total. The average Bonchev–Trinajstić information content (AvgIpc) is 2.69. The lowest BCUT2D eigenvalue weighted by atomic mass is 9.93. The number of nitrogens with one attached hydrogen (secondary N) is 1. The molecule has 0 aliphatic carbocycles. The number of amides is 1. The second kappa shape index (κ2) is 8.58. The van der Waals surface area contributed by atoms with Crippen molar-refractivity contribution >= 4 is 34.6 Å². The largest absolute Gasteiger partial charge is 0.351 e. The van der Waals surface area contributed by atoms with E-state index in [2.05, 4.69) is 5.32 Å². The molecular formula is C21H19F3N4O3S. The summed E-state index contributed by atoms with van der Waals surface area (Å²) in [5.74, 6) is -3.44. The third-order valence-electron chi connectivity index (χ3n) is 5.11. The van der Waals surface area contributed by atoms with Gasteiger partial charge in [-0.3, -0.25) is 19.8 Å². The Morgan fingerprint density at radius 2 is 1.78 bits per heavy atom. The Morgan fingerprint density at radius 1 is 1.12 bits per heavy atom. The molecule has 11 heteroatoms. The van der Waals surface area contributed by atoms with Gasteiger partial charge in [-0.15, -0.1) is 0 Å². The molecule has 0 saturated carbocycles. The maximum absolute atomic E-state index is 14.7. The van der Waals surface area contributed by atoms with E-state index in [-0.39, 0.29) is 21.9 Å². The van der Waals surface area contributed by atoms with Crippen molar-refractivity contribution < 1.29 is 22.9 Å². The Balaban J connectivity index is 2.25. The van der Waals surface area contributed by atoms with Gasteiger partial charge in [0.2, 0.25) is 5.82 Å². The number of hydrogen-bond acceptors (Lipinski definition) is 4. The number of rotatable bonds is 4. The van der Waals surface area contributed by atoms with Gasteiger partial charge in [-0.1, -0.05) is 6.07 Å². The van der Waals surface area contributed by atoms with Gasteiger partial charge in [0.25, 0.3) is 5.91 Å². The standard InChI is InChI=1S/C21H19F3N4O3S/c1-10-5-6-12(7-14(10)22)27-11(2)18(20(29)26(3)4)19(25-21(27)32)13-8-17(28(30)31)16(24)9-15(13)23/h5-9,19H,1-4H3,(H,25,32). The Labute approximate surface area is 187 Å². The highest BCUT2D eigenvalue weighted by molar-refractivity contribution is 7.80. The number of nitro benzene ring substituents is 1. The number of benzene rings is 2. The predicted octanol–water partition coefficient (Wildman–Crippen LogP) is 4.12. The average molecular weight is 464 g/mol. The summed E-state index contributed by atoms with van der Waals surface area (Å²) in [4.78, 5) is 25.9. The van der Waals surface area contributed by atoms with E-state index in [0.717, 1.165) is 6.07 Å². The Bertz CT molecular complexity index is 1180. The van der Waals surface area contributed by atoms with Gasteiger partial charge < -0.3 is 10.2 Å². The number of likely N-dealkylation sites (N-methyl/N-ethyl adjacent to an activating group) is 1. The molecule has 1 unspecified atom stereocenters. The van der Waals surface area contributed by atoms with E-state index in [1.165, 1.54) is 30.0 Å². The van der Waals surface area contributed by atoms with Crippen LogP contribution >= 0.6 is 12.2 Å².